The molecule has 13 heavy (non-hydrogen) atoms. The number of Topliss-reactive ketones (excluding diaryl/α,β-unsaturated/α-hetero) is 1. The van der Waals surface area contributed by atoms with E-state index in [1.165, 1.54) is 18.2 Å². The number of phenols is 1. The molecule has 1 aromatic carbocycles. The monoisotopic (exact) mass is 199 g/mol. The van der Waals surface area contributed by atoms with E-state index in [1.54, 1.807) is 6.92 Å². The number of nitrogens with two attached hydrogens (primary N) is 1. The Labute approximate surface area is 81.1 Å². The Bertz CT molecular complexity index is 336. The first-order valence-electron chi connectivity index (χ1n) is 3.80. The van der Waals surface area contributed by atoms with Gasteiger partial charge in [0.25, 0.3) is 0 Å². The van der Waals surface area contributed by atoms with Gasteiger partial charge in [0.2, 0.25) is 0 Å². The zero-order valence-electron chi connectivity index (χ0n) is 7.12. The van der Waals surface area contributed by atoms with Gasteiger partial charge in [0, 0.05) is 5.56 Å². The summed E-state index contributed by atoms with van der Waals surface area (Å²) in [6.07, 6.45) is 0. The van der Waals surface area contributed by atoms with Crippen molar-refractivity contribution < 1.29 is 9.90 Å². The lowest BCUT2D eigenvalue weighted by molar-refractivity contribution is 0.0968. The van der Waals surface area contributed by atoms with Gasteiger partial charge in [-0.1, -0.05) is 11.6 Å². The van der Waals surface area contributed by atoms with Crippen LogP contribution in [-0.2, 0) is 0 Å². The molecule has 0 fully saturated rings. The normalized spacial score (nSPS) is 12.5. The van der Waals surface area contributed by atoms with Crippen molar-refractivity contribution in [3.8, 4) is 5.75 Å². The molecule has 0 spiro atoms. The fourth-order valence-electron chi connectivity index (χ4n) is 0.923. The number of hydrogen-bond donors (Lipinski definition) is 2. The van der Waals surface area contributed by atoms with Crippen LogP contribution in [0.4, 0.5) is 0 Å². The van der Waals surface area contributed by atoms with Gasteiger partial charge in [0.05, 0.1) is 11.1 Å². The third-order valence-corrected chi connectivity index (χ3v) is 1.95. The van der Waals surface area contributed by atoms with Crippen LogP contribution in [-0.4, -0.2) is 16.9 Å². The molecule has 0 aromatic heterocycles. The van der Waals surface area contributed by atoms with E-state index in [2.05, 4.69) is 0 Å². The summed E-state index contributed by atoms with van der Waals surface area (Å²) >= 11 is 5.62. The molecule has 3 nitrogen and oxygen atoms in total. The second-order valence-corrected chi connectivity index (χ2v) is 3.23. The number of carbonyl (C=O) groups is 1. The maximum Gasteiger partial charge on any atom is 0.179 e. The van der Waals surface area contributed by atoms with Crippen molar-refractivity contribution >= 4 is 17.4 Å². The Balaban J connectivity index is 3.04. The molecule has 0 aliphatic rings. The molecule has 0 aliphatic heterocycles. The maximum absolute atomic E-state index is 11.3. The predicted octanol–water partition coefficient (Wildman–Crippen LogP) is 1.58. The van der Waals surface area contributed by atoms with Crippen LogP contribution in [0.3, 0.4) is 0 Å². The van der Waals surface area contributed by atoms with Crippen LogP contribution in [0, 0.1) is 0 Å². The molecule has 0 aliphatic carbocycles. The standard InChI is InChI=1S/C9H10ClNO2/c1-5(11)9(13)6-2-3-8(12)7(10)4-6/h2-5,12H,11H2,1H3. The van der Waals surface area contributed by atoms with Gasteiger partial charge in [-0.15, -0.1) is 0 Å². The average molecular weight is 200 g/mol. The summed E-state index contributed by atoms with van der Waals surface area (Å²) in [4.78, 5) is 11.3. The lowest BCUT2D eigenvalue weighted by Gasteiger charge is -2.04. The quantitative estimate of drug-likeness (QED) is 0.711. The van der Waals surface area contributed by atoms with Gasteiger partial charge >= 0.3 is 0 Å². The summed E-state index contributed by atoms with van der Waals surface area (Å²) in [5.74, 6) is -0.232. The first-order chi connectivity index (χ1) is 6.02. The summed E-state index contributed by atoms with van der Waals surface area (Å²) in [7, 11) is 0. The molecule has 3 N–H and O–H groups in total. The number of rotatable bonds is 2. The summed E-state index contributed by atoms with van der Waals surface area (Å²) < 4.78 is 0. The number of hydrogen-bond acceptors (Lipinski definition) is 3. The Morgan fingerprint density at radius 1 is 1.62 bits per heavy atom. The number of halogens is 1. The first kappa shape index (κ1) is 10.0. The van der Waals surface area contributed by atoms with Crippen LogP contribution < -0.4 is 5.73 Å². The van der Waals surface area contributed by atoms with Crippen LogP contribution in [0.25, 0.3) is 0 Å². The van der Waals surface area contributed by atoms with Gasteiger partial charge in [0.15, 0.2) is 5.78 Å². The zero-order chi connectivity index (χ0) is 10.0. The molecule has 1 aromatic rings. The molecular weight excluding hydrogens is 190 g/mol. The number of benzene rings is 1. The van der Waals surface area contributed by atoms with E-state index in [0.717, 1.165) is 0 Å². The van der Waals surface area contributed by atoms with Gasteiger partial charge < -0.3 is 10.8 Å². The van der Waals surface area contributed by atoms with Crippen LogP contribution in [0.2, 0.25) is 5.02 Å². The van der Waals surface area contributed by atoms with Gasteiger partial charge in [0.1, 0.15) is 5.75 Å². The smallest absolute Gasteiger partial charge is 0.179 e. The topological polar surface area (TPSA) is 63.3 Å². The molecule has 70 valence electrons. The van der Waals surface area contributed by atoms with E-state index in [-0.39, 0.29) is 16.6 Å². The predicted molar refractivity (Wildman–Crippen MR) is 51.1 cm³/mol. The molecule has 1 atom stereocenters. The molecule has 1 unspecified atom stereocenters. The maximum atomic E-state index is 11.3. The fourth-order valence-corrected chi connectivity index (χ4v) is 1.10. The molecule has 4 heteroatoms. The Morgan fingerprint density at radius 2 is 2.23 bits per heavy atom. The molecule has 1 rings (SSSR count). The highest BCUT2D eigenvalue weighted by atomic mass is 35.5. The van der Waals surface area contributed by atoms with Crippen LogP contribution in [0.5, 0.6) is 5.75 Å². The summed E-state index contributed by atoms with van der Waals surface area (Å²) in [6, 6.07) is 3.72. The minimum atomic E-state index is -0.555. The highest BCUT2D eigenvalue weighted by Gasteiger charge is 2.11. The minimum absolute atomic E-state index is 0.0390. The number of phenolic OH excluding ortho intramolecular Hbond substituents is 1. The van der Waals surface area contributed by atoms with Gasteiger partial charge in [-0.25, -0.2) is 0 Å². The van der Waals surface area contributed by atoms with E-state index >= 15 is 0 Å². The van der Waals surface area contributed by atoms with Crippen molar-refractivity contribution in [3.63, 3.8) is 0 Å². The largest absolute Gasteiger partial charge is 0.506 e. The summed E-state index contributed by atoms with van der Waals surface area (Å²) in [5, 5.41) is 9.25. The van der Waals surface area contributed by atoms with Crippen molar-refractivity contribution in [2.24, 2.45) is 5.73 Å². The second-order valence-electron chi connectivity index (χ2n) is 2.82. The van der Waals surface area contributed by atoms with Crippen LogP contribution >= 0.6 is 11.6 Å². The summed E-state index contributed by atoms with van der Waals surface area (Å²) in [5.41, 5.74) is 5.82. The fraction of sp³-hybridized carbons (Fsp3) is 0.222. The van der Waals surface area contributed by atoms with Crippen LogP contribution in [0.15, 0.2) is 18.2 Å². The van der Waals surface area contributed by atoms with Crippen molar-refractivity contribution in [2.45, 2.75) is 13.0 Å². The molecule has 0 heterocycles. The Hall–Kier alpha value is -1.06. The van der Waals surface area contributed by atoms with Crippen molar-refractivity contribution in [3.05, 3.63) is 28.8 Å². The van der Waals surface area contributed by atoms with Gasteiger partial charge in [-0.2, -0.15) is 0 Å². The van der Waals surface area contributed by atoms with E-state index in [1.807, 2.05) is 0 Å². The molecule has 0 radical (unpaired) electrons. The van der Waals surface area contributed by atoms with Gasteiger partial charge in [-0.05, 0) is 25.1 Å². The number of aromatic hydroxyl groups is 1. The van der Waals surface area contributed by atoms with E-state index in [0.29, 0.717) is 5.56 Å². The van der Waals surface area contributed by atoms with Crippen molar-refractivity contribution in [2.75, 3.05) is 0 Å². The average Bonchev–Trinajstić information content (AvgIpc) is 2.08. The summed E-state index contributed by atoms with van der Waals surface area (Å²) in [6.45, 7) is 1.60. The lowest BCUT2D eigenvalue weighted by atomic mass is 10.1. The third kappa shape index (κ3) is 2.20. The molecule has 0 bridgehead atoms. The zero-order valence-corrected chi connectivity index (χ0v) is 7.88. The van der Waals surface area contributed by atoms with Crippen molar-refractivity contribution in [1.29, 1.82) is 0 Å². The molecule has 0 saturated heterocycles. The Kier molecular flexibility index (Phi) is 2.90. The van der Waals surface area contributed by atoms with E-state index in [4.69, 9.17) is 22.4 Å². The van der Waals surface area contributed by atoms with Crippen molar-refractivity contribution in [1.82, 2.24) is 0 Å². The van der Waals surface area contributed by atoms with Gasteiger partial charge in [-0.3, -0.25) is 4.79 Å². The Morgan fingerprint density at radius 3 is 2.69 bits per heavy atom. The highest BCUT2D eigenvalue weighted by molar-refractivity contribution is 6.32. The van der Waals surface area contributed by atoms with E-state index < -0.39 is 6.04 Å². The van der Waals surface area contributed by atoms with Crippen LogP contribution in [0.1, 0.15) is 17.3 Å². The minimum Gasteiger partial charge on any atom is -0.506 e. The molecule has 0 amide bonds. The third-order valence-electron chi connectivity index (χ3n) is 1.65. The second kappa shape index (κ2) is 3.77. The number of carbonyl (C=O) groups excluding carboxylic acids is 1. The van der Waals surface area contributed by atoms with E-state index in [9.17, 15) is 4.79 Å². The molecular formula is C9H10ClNO2. The first-order valence-corrected chi connectivity index (χ1v) is 4.18. The highest BCUT2D eigenvalue weighted by Crippen LogP contribution is 2.23. The lowest BCUT2D eigenvalue weighted by Crippen LogP contribution is -2.26. The molecule has 0 saturated carbocycles. The SMILES string of the molecule is CC(N)C(=O)c1ccc(O)c(Cl)c1. The number of ketones is 1.